The van der Waals surface area contributed by atoms with Gasteiger partial charge in [0.05, 0.1) is 6.10 Å². The second-order valence-corrected chi connectivity index (χ2v) is 3.34. The van der Waals surface area contributed by atoms with Crippen molar-refractivity contribution < 1.29 is 19.4 Å². The smallest absolute Gasteiger partial charge is 0.381 e. The standard InChI is InChI=1S/C9H12O4/c1-6-7(4-5-8(10)11)13-9(2,3)12-6/h6-7H,1-3H3,(H,10,11)/t6-,7-/m0/s1. The van der Waals surface area contributed by atoms with Crippen LogP contribution in [0.1, 0.15) is 20.8 Å². The molecule has 2 atom stereocenters. The van der Waals surface area contributed by atoms with Crippen LogP contribution in [0.15, 0.2) is 0 Å². The Balaban J connectivity index is 2.65. The van der Waals surface area contributed by atoms with E-state index in [9.17, 15) is 4.79 Å². The van der Waals surface area contributed by atoms with E-state index in [0.29, 0.717) is 0 Å². The van der Waals surface area contributed by atoms with Gasteiger partial charge in [-0.2, -0.15) is 0 Å². The first kappa shape index (κ1) is 10.0. The fourth-order valence-electron chi connectivity index (χ4n) is 1.22. The summed E-state index contributed by atoms with van der Waals surface area (Å²) in [5.41, 5.74) is 0. The van der Waals surface area contributed by atoms with Gasteiger partial charge in [-0.15, -0.1) is 0 Å². The van der Waals surface area contributed by atoms with E-state index >= 15 is 0 Å². The van der Waals surface area contributed by atoms with Crippen molar-refractivity contribution >= 4 is 5.97 Å². The van der Waals surface area contributed by atoms with E-state index in [-0.39, 0.29) is 6.10 Å². The third-order valence-electron chi connectivity index (χ3n) is 1.63. The highest BCUT2D eigenvalue weighted by Gasteiger charge is 2.37. The largest absolute Gasteiger partial charge is 0.472 e. The molecule has 0 unspecified atom stereocenters. The van der Waals surface area contributed by atoms with Crippen LogP contribution in [0.5, 0.6) is 0 Å². The van der Waals surface area contributed by atoms with Crippen molar-refractivity contribution in [2.45, 2.75) is 38.8 Å². The van der Waals surface area contributed by atoms with E-state index in [1.54, 1.807) is 20.8 Å². The molecule has 4 heteroatoms. The zero-order valence-electron chi connectivity index (χ0n) is 7.83. The van der Waals surface area contributed by atoms with Crippen LogP contribution < -0.4 is 0 Å². The average Bonchev–Trinajstić information content (AvgIpc) is 2.20. The number of ether oxygens (including phenoxy) is 2. The lowest BCUT2D eigenvalue weighted by Gasteiger charge is -2.15. The number of rotatable bonds is 0. The second kappa shape index (κ2) is 3.36. The van der Waals surface area contributed by atoms with Crippen LogP contribution in [-0.4, -0.2) is 29.1 Å². The second-order valence-electron chi connectivity index (χ2n) is 3.34. The van der Waals surface area contributed by atoms with E-state index in [0.717, 1.165) is 0 Å². The molecule has 0 bridgehead atoms. The van der Waals surface area contributed by atoms with Crippen molar-refractivity contribution in [3.05, 3.63) is 0 Å². The van der Waals surface area contributed by atoms with Crippen LogP contribution in [0.25, 0.3) is 0 Å². The number of carboxylic acids is 1. The van der Waals surface area contributed by atoms with Crippen molar-refractivity contribution in [2.24, 2.45) is 0 Å². The molecule has 4 nitrogen and oxygen atoms in total. The molecule has 1 N–H and O–H groups in total. The SMILES string of the molecule is C[C@@H]1OC(C)(C)O[C@H]1C#CC(=O)O. The minimum atomic E-state index is -1.15. The molecule has 0 spiro atoms. The Bertz CT molecular complexity index is 271. The summed E-state index contributed by atoms with van der Waals surface area (Å²) >= 11 is 0. The van der Waals surface area contributed by atoms with Crippen LogP contribution >= 0.6 is 0 Å². The van der Waals surface area contributed by atoms with E-state index < -0.39 is 17.9 Å². The molecule has 1 aliphatic heterocycles. The Morgan fingerprint density at radius 3 is 2.46 bits per heavy atom. The molecule has 13 heavy (non-hydrogen) atoms. The normalized spacial score (nSPS) is 30.7. The van der Waals surface area contributed by atoms with E-state index in [2.05, 4.69) is 5.92 Å². The summed E-state index contributed by atoms with van der Waals surface area (Å²) in [7, 11) is 0. The predicted molar refractivity (Wildman–Crippen MR) is 44.9 cm³/mol. The Morgan fingerprint density at radius 2 is 2.08 bits per heavy atom. The van der Waals surface area contributed by atoms with Gasteiger partial charge in [-0.3, -0.25) is 0 Å². The van der Waals surface area contributed by atoms with Crippen molar-refractivity contribution in [1.82, 2.24) is 0 Å². The molecule has 1 saturated heterocycles. The molecule has 0 radical (unpaired) electrons. The predicted octanol–water partition coefficient (Wildman–Crippen LogP) is 0.614. The van der Waals surface area contributed by atoms with Gasteiger partial charge in [0.2, 0.25) is 0 Å². The van der Waals surface area contributed by atoms with E-state index in [4.69, 9.17) is 14.6 Å². The Morgan fingerprint density at radius 1 is 1.46 bits per heavy atom. The van der Waals surface area contributed by atoms with Gasteiger partial charge < -0.3 is 14.6 Å². The lowest BCUT2D eigenvalue weighted by molar-refractivity contribution is -0.140. The molecule has 1 rings (SSSR count). The maximum Gasteiger partial charge on any atom is 0.381 e. The number of carboxylic acid groups (broad SMARTS) is 1. The average molecular weight is 184 g/mol. The summed E-state index contributed by atoms with van der Waals surface area (Å²) in [6.07, 6.45) is -0.645. The molecular formula is C9H12O4. The quantitative estimate of drug-likeness (QED) is 0.560. The molecule has 0 aliphatic carbocycles. The molecular weight excluding hydrogens is 172 g/mol. The minimum absolute atomic E-state index is 0.193. The van der Waals surface area contributed by atoms with Gasteiger partial charge in [0.1, 0.15) is 6.10 Å². The monoisotopic (exact) mass is 184 g/mol. The minimum Gasteiger partial charge on any atom is -0.472 e. The van der Waals surface area contributed by atoms with Gasteiger partial charge in [-0.1, -0.05) is 5.92 Å². The summed E-state index contributed by atoms with van der Waals surface area (Å²) < 4.78 is 10.7. The molecule has 72 valence electrons. The lowest BCUT2D eigenvalue weighted by atomic mass is 10.2. The number of hydrogen-bond acceptors (Lipinski definition) is 3. The van der Waals surface area contributed by atoms with Gasteiger partial charge >= 0.3 is 5.97 Å². The summed E-state index contributed by atoms with van der Waals surface area (Å²) in [4.78, 5) is 10.2. The van der Waals surface area contributed by atoms with Gasteiger partial charge in [0.15, 0.2) is 5.79 Å². The first-order valence-corrected chi connectivity index (χ1v) is 4.01. The Kier molecular flexibility index (Phi) is 2.60. The van der Waals surface area contributed by atoms with Gasteiger partial charge in [-0.25, -0.2) is 4.79 Å². The molecule has 1 heterocycles. The number of aliphatic carboxylic acids is 1. The van der Waals surface area contributed by atoms with Crippen molar-refractivity contribution in [3.8, 4) is 11.8 Å². The maximum absolute atomic E-state index is 10.2. The molecule has 0 amide bonds. The van der Waals surface area contributed by atoms with Gasteiger partial charge in [0, 0.05) is 5.92 Å². The molecule has 1 fully saturated rings. The molecule has 0 saturated carbocycles. The Hall–Kier alpha value is -1.05. The van der Waals surface area contributed by atoms with Crippen LogP contribution in [0.4, 0.5) is 0 Å². The first-order chi connectivity index (χ1) is 5.91. The summed E-state index contributed by atoms with van der Waals surface area (Å²) in [6.45, 7) is 5.34. The zero-order valence-corrected chi connectivity index (χ0v) is 7.83. The van der Waals surface area contributed by atoms with Crippen molar-refractivity contribution in [2.75, 3.05) is 0 Å². The summed E-state index contributed by atoms with van der Waals surface area (Å²) in [5, 5.41) is 8.32. The third kappa shape index (κ3) is 2.72. The van der Waals surface area contributed by atoms with Crippen LogP contribution in [-0.2, 0) is 14.3 Å². The molecule has 1 aliphatic rings. The van der Waals surface area contributed by atoms with E-state index in [1.165, 1.54) is 0 Å². The first-order valence-electron chi connectivity index (χ1n) is 4.01. The van der Waals surface area contributed by atoms with Crippen LogP contribution in [0.3, 0.4) is 0 Å². The highest BCUT2D eigenvalue weighted by Crippen LogP contribution is 2.27. The lowest BCUT2D eigenvalue weighted by Crippen LogP contribution is -2.20. The van der Waals surface area contributed by atoms with E-state index in [1.807, 2.05) is 5.92 Å². The van der Waals surface area contributed by atoms with Crippen molar-refractivity contribution in [3.63, 3.8) is 0 Å². The highest BCUT2D eigenvalue weighted by molar-refractivity contribution is 5.86. The number of hydrogen-bond donors (Lipinski definition) is 1. The zero-order chi connectivity index (χ0) is 10.1. The third-order valence-corrected chi connectivity index (χ3v) is 1.63. The van der Waals surface area contributed by atoms with Crippen LogP contribution in [0.2, 0.25) is 0 Å². The molecule has 0 aromatic rings. The van der Waals surface area contributed by atoms with Gasteiger partial charge in [0.25, 0.3) is 0 Å². The van der Waals surface area contributed by atoms with Gasteiger partial charge in [-0.05, 0) is 20.8 Å². The summed E-state index contributed by atoms with van der Waals surface area (Å²) in [6, 6.07) is 0. The Labute approximate surface area is 76.8 Å². The number of carbonyl (C=O) groups is 1. The highest BCUT2D eigenvalue weighted by atomic mass is 16.7. The maximum atomic E-state index is 10.2. The fraction of sp³-hybridized carbons (Fsp3) is 0.667. The fourth-order valence-corrected chi connectivity index (χ4v) is 1.22. The van der Waals surface area contributed by atoms with Crippen molar-refractivity contribution in [1.29, 1.82) is 0 Å². The van der Waals surface area contributed by atoms with Crippen LogP contribution in [0, 0.1) is 11.8 Å². The molecule has 0 aromatic carbocycles. The topological polar surface area (TPSA) is 55.8 Å². The summed E-state index contributed by atoms with van der Waals surface area (Å²) in [5.74, 6) is 2.69. The molecule has 0 aromatic heterocycles.